The fourth-order valence-corrected chi connectivity index (χ4v) is 3.69. The Morgan fingerprint density at radius 3 is 2.46 bits per heavy atom. The number of ether oxygens (including phenoxy) is 2. The van der Waals surface area contributed by atoms with Gasteiger partial charge in [-0.25, -0.2) is 4.68 Å². The van der Waals surface area contributed by atoms with Gasteiger partial charge < -0.3 is 19.3 Å². The van der Waals surface area contributed by atoms with Crippen LogP contribution < -0.4 is 14.5 Å². The summed E-state index contributed by atoms with van der Waals surface area (Å²) in [4.78, 5) is 3.18. The van der Waals surface area contributed by atoms with Crippen molar-refractivity contribution in [3.05, 3.63) is 35.7 Å². The molecule has 0 unspecified atom stereocenters. The van der Waals surface area contributed by atoms with Crippen LogP contribution in [-0.4, -0.2) is 73.8 Å². The molecular formula is C18H30N6O2+2. The van der Waals surface area contributed by atoms with Gasteiger partial charge in [0.1, 0.15) is 31.9 Å². The van der Waals surface area contributed by atoms with Crippen LogP contribution in [0.2, 0.25) is 0 Å². The highest BCUT2D eigenvalue weighted by molar-refractivity contribution is 5.30. The molecule has 2 heterocycles. The zero-order chi connectivity index (χ0) is 18.4. The minimum atomic E-state index is 0.117. The van der Waals surface area contributed by atoms with E-state index in [1.807, 2.05) is 16.8 Å². The first-order valence-corrected chi connectivity index (χ1v) is 9.34. The first kappa shape index (κ1) is 18.8. The second-order valence-electron chi connectivity index (χ2n) is 6.72. The summed E-state index contributed by atoms with van der Waals surface area (Å²) in [6.45, 7) is 9.27. The van der Waals surface area contributed by atoms with Crippen LogP contribution in [0.5, 0.6) is 5.75 Å². The van der Waals surface area contributed by atoms with Crippen LogP contribution in [0, 0.1) is 0 Å². The molecule has 1 aromatic heterocycles. The van der Waals surface area contributed by atoms with Crippen molar-refractivity contribution in [2.45, 2.75) is 19.5 Å². The van der Waals surface area contributed by atoms with Crippen LogP contribution in [0.1, 0.15) is 24.4 Å². The molecule has 8 nitrogen and oxygen atoms in total. The Kier molecular flexibility index (Phi) is 6.54. The third kappa shape index (κ3) is 4.20. The summed E-state index contributed by atoms with van der Waals surface area (Å²) in [6.07, 6.45) is 0. The van der Waals surface area contributed by atoms with Gasteiger partial charge in [0.15, 0.2) is 6.04 Å². The molecule has 0 bridgehead atoms. The van der Waals surface area contributed by atoms with Crippen molar-refractivity contribution in [2.75, 3.05) is 53.6 Å². The number of benzene rings is 1. The van der Waals surface area contributed by atoms with Crippen molar-refractivity contribution in [2.24, 2.45) is 0 Å². The van der Waals surface area contributed by atoms with Crippen LogP contribution in [0.25, 0.3) is 0 Å². The molecular weight excluding hydrogens is 332 g/mol. The van der Waals surface area contributed by atoms with Crippen molar-refractivity contribution < 1.29 is 19.3 Å². The van der Waals surface area contributed by atoms with E-state index in [4.69, 9.17) is 9.47 Å². The topological polar surface area (TPSA) is 70.9 Å². The van der Waals surface area contributed by atoms with E-state index in [0.29, 0.717) is 13.2 Å². The summed E-state index contributed by atoms with van der Waals surface area (Å²) in [5, 5.41) is 12.5. The molecule has 2 aromatic rings. The van der Waals surface area contributed by atoms with Crippen molar-refractivity contribution in [1.29, 1.82) is 0 Å². The number of piperazine rings is 1. The first-order chi connectivity index (χ1) is 12.8. The third-order valence-electron chi connectivity index (χ3n) is 5.28. The highest BCUT2D eigenvalue weighted by Gasteiger charge is 2.35. The number of aromatic nitrogens is 4. The molecule has 26 heavy (non-hydrogen) atoms. The molecule has 2 N–H and O–H groups in total. The lowest BCUT2D eigenvalue weighted by molar-refractivity contribution is -1.02. The average Bonchev–Trinajstić information content (AvgIpc) is 3.15. The Morgan fingerprint density at radius 2 is 1.85 bits per heavy atom. The highest BCUT2D eigenvalue weighted by Crippen LogP contribution is 2.20. The van der Waals surface area contributed by atoms with E-state index in [9.17, 15) is 0 Å². The lowest BCUT2D eigenvalue weighted by Crippen LogP contribution is -3.28. The Bertz CT molecular complexity index is 667. The van der Waals surface area contributed by atoms with E-state index in [2.05, 4.69) is 34.6 Å². The van der Waals surface area contributed by atoms with Crippen LogP contribution >= 0.6 is 0 Å². The van der Waals surface area contributed by atoms with Gasteiger partial charge in [0.05, 0.1) is 26.8 Å². The van der Waals surface area contributed by atoms with Crippen molar-refractivity contribution >= 4 is 0 Å². The number of hydrogen-bond acceptors (Lipinski definition) is 5. The summed E-state index contributed by atoms with van der Waals surface area (Å²) in [5.41, 5.74) is 1.22. The lowest BCUT2D eigenvalue weighted by Gasteiger charge is -2.33. The van der Waals surface area contributed by atoms with Crippen molar-refractivity contribution in [3.63, 3.8) is 0 Å². The molecule has 0 saturated carbocycles. The Labute approximate surface area is 154 Å². The SMILES string of the molecule is CC[NH+]1CC[NH+]([C@@H](c2ccc(OC)cc2)c2nnnn2CCOC)CC1. The molecule has 1 aliphatic heterocycles. The number of rotatable bonds is 8. The van der Waals surface area contributed by atoms with E-state index >= 15 is 0 Å². The first-order valence-electron chi connectivity index (χ1n) is 9.34. The number of quaternary nitrogens is 2. The number of hydrogen-bond donors (Lipinski definition) is 2. The van der Waals surface area contributed by atoms with Gasteiger partial charge in [-0.05, 0) is 41.6 Å². The summed E-state index contributed by atoms with van der Waals surface area (Å²) >= 11 is 0. The molecule has 1 atom stereocenters. The number of likely N-dealkylation sites (N-methyl/N-ethyl adjacent to an activating group) is 1. The predicted molar refractivity (Wildman–Crippen MR) is 96.5 cm³/mol. The summed E-state index contributed by atoms with van der Waals surface area (Å²) in [7, 11) is 3.39. The summed E-state index contributed by atoms with van der Waals surface area (Å²) in [5.74, 6) is 1.77. The van der Waals surface area contributed by atoms with Gasteiger partial charge in [-0.2, -0.15) is 0 Å². The quantitative estimate of drug-likeness (QED) is 0.581. The molecule has 8 heteroatoms. The molecule has 1 saturated heterocycles. The van der Waals surface area contributed by atoms with E-state index in [1.165, 1.54) is 30.1 Å². The zero-order valence-electron chi connectivity index (χ0n) is 15.9. The van der Waals surface area contributed by atoms with Gasteiger partial charge in [-0.1, -0.05) is 0 Å². The fourth-order valence-electron chi connectivity index (χ4n) is 3.69. The van der Waals surface area contributed by atoms with E-state index in [-0.39, 0.29) is 6.04 Å². The molecule has 1 aliphatic rings. The van der Waals surface area contributed by atoms with Gasteiger partial charge in [-0.3, -0.25) is 0 Å². The number of nitrogens with zero attached hydrogens (tertiary/aromatic N) is 4. The monoisotopic (exact) mass is 362 g/mol. The number of tetrazole rings is 1. The maximum Gasteiger partial charge on any atom is 0.214 e. The largest absolute Gasteiger partial charge is 0.497 e. The fraction of sp³-hybridized carbons (Fsp3) is 0.611. The van der Waals surface area contributed by atoms with Gasteiger partial charge >= 0.3 is 0 Å². The Hall–Kier alpha value is -2.03. The highest BCUT2D eigenvalue weighted by atomic mass is 16.5. The number of nitrogens with one attached hydrogen (secondary N) is 2. The number of methoxy groups -OCH3 is 2. The second kappa shape index (κ2) is 9.07. The minimum Gasteiger partial charge on any atom is -0.497 e. The van der Waals surface area contributed by atoms with E-state index < -0.39 is 0 Å². The maximum absolute atomic E-state index is 5.32. The van der Waals surface area contributed by atoms with Crippen LogP contribution in [-0.2, 0) is 11.3 Å². The third-order valence-corrected chi connectivity index (χ3v) is 5.28. The Balaban J connectivity index is 1.90. The van der Waals surface area contributed by atoms with Crippen LogP contribution in [0.4, 0.5) is 0 Å². The smallest absolute Gasteiger partial charge is 0.214 e. The van der Waals surface area contributed by atoms with Crippen LogP contribution in [0.3, 0.4) is 0 Å². The summed E-state index contributed by atoms with van der Waals surface area (Å²) < 4.78 is 12.4. The van der Waals surface area contributed by atoms with Gasteiger partial charge in [-0.15, -0.1) is 5.10 Å². The standard InChI is InChI=1S/C18H28N6O2/c1-4-22-9-11-23(12-10-22)17(15-5-7-16(26-3)8-6-15)18-19-20-21-24(18)13-14-25-2/h5-8,17H,4,9-14H2,1-3H3/p+2/t17-/m0/s1. The van der Waals surface area contributed by atoms with Gasteiger partial charge in [0, 0.05) is 12.7 Å². The zero-order valence-corrected chi connectivity index (χ0v) is 15.9. The molecule has 3 rings (SSSR count). The molecule has 142 valence electrons. The normalized spacial score (nSPS) is 21.5. The molecule has 0 spiro atoms. The molecule has 0 amide bonds. The summed E-state index contributed by atoms with van der Waals surface area (Å²) in [6, 6.07) is 8.40. The van der Waals surface area contributed by atoms with Crippen molar-refractivity contribution in [1.82, 2.24) is 20.2 Å². The molecule has 0 aliphatic carbocycles. The maximum atomic E-state index is 5.32. The van der Waals surface area contributed by atoms with E-state index in [1.54, 1.807) is 19.1 Å². The average molecular weight is 362 g/mol. The molecule has 1 fully saturated rings. The molecule has 0 radical (unpaired) electrons. The Morgan fingerprint density at radius 1 is 1.12 bits per heavy atom. The second-order valence-corrected chi connectivity index (χ2v) is 6.72. The lowest BCUT2D eigenvalue weighted by atomic mass is 10.0. The van der Waals surface area contributed by atoms with E-state index in [0.717, 1.165) is 24.7 Å². The van der Waals surface area contributed by atoms with Gasteiger partial charge in [0.2, 0.25) is 5.82 Å². The predicted octanol–water partition coefficient (Wildman–Crippen LogP) is -1.78. The van der Waals surface area contributed by atoms with Crippen molar-refractivity contribution in [3.8, 4) is 5.75 Å². The minimum absolute atomic E-state index is 0.117. The van der Waals surface area contributed by atoms with Crippen LogP contribution in [0.15, 0.2) is 24.3 Å². The van der Waals surface area contributed by atoms with Gasteiger partial charge in [0.25, 0.3) is 0 Å². The molecule has 1 aromatic carbocycles.